The Balaban J connectivity index is 2.82. The Morgan fingerprint density at radius 2 is 2.08 bits per heavy atom. The Morgan fingerprint density at radius 3 is 2.67 bits per heavy atom. The molecule has 1 aromatic carbocycles. The fourth-order valence-corrected chi connectivity index (χ4v) is 1.05. The van der Waals surface area contributed by atoms with Gasteiger partial charge in [-0.15, -0.1) is 0 Å². The lowest BCUT2D eigenvalue weighted by Crippen LogP contribution is -1.91. The average molecular weight is 183 g/mol. The molecule has 0 unspecified atom stereocenters. The zero-order valence-corrected chi connectivity index (χ0v) is 7.62. The highest BCUT2D eigenvalue weighted by atomic mass is 35.5. The monoisotopic (exact) mass is 182 g/mol. The first-order chi connectivity index (χ1) is 5.70. The van der Waals surface area contributed by atoms with Gasteiger partial charge in [0.2, 0.25) is 0 Å². The molecule has 2 heteroatoms. The first-order valence-corrected chi connectivity index (χ1v) is 4.19. The molecule has 1 atom stereocenters. The minimum atomic E-state index is -0.429. The van der Waals surface area contributed by atoms with Crippen LogP contribution in [-0.2, 0) is 0 Å². The van der Waals surface area contributed by atoms with Crippen molar-refractivity contribution in [2.75, 3.05) is 0 Å². The van der Waals surface area contributed by atoms with Gasteiger partial charge in [0.05, 0.1) is 6.10 Å². The highest BCUT2D eigenvalue weighted by Crippen LogP contribution is 2.16. The molecular weight excluding hydrogens is 172 g/mol. The molecule has 0 aliphatic rings. The Kier molecular flexibility index (Phi) is 3.32. The van der Waals surface area contributed by atoms with E-state index in [-0.39, 0.29) is 0 Å². The zero-order chi connectivity index (χ0) is 8.97. The van der Waals surface area contributed by atoms with Crippen LogP contribution >= 0.6 is 11.6 Å². The molecule has 1 rings (SSSR count). The van der Waals surface area contributed by atoms with Crippen LogP contribution in [0.15, 0.2) is 30.3 Å². The third kappa shape index (κ3) is 2.68. The van der Waals surface area contributed by atoms with Gasteiger partial charge in [0, 0.05) is 5.02 Å². The molecule has 12 heavy (non-hydrogen) atoms. The summed E-state index contributed by atoms with van der Waals surface area (Å²) in [4.78, 5) is 0. The predicted octanol–water partition coefficient (Wildman–Crippen LogP) is 2.73. The van der Waals surface area contributed by atoms with Gasteiger partial charge >= 0.3 is 0 Å². The minimum absolute atomic E-state index is 0.429. The molecule has 0 amide bonds. The van der Waals surface area contributed by atoms with Crippen molar-refractivity contribution in [3.05, 3.63) is 40.9 Å². The standard InChI is InChI=1S/C10H11ClO/c1-8(12)6-7-9-4-2-3-5-10(9)11/h2-8,12H,1H3/b7-6+/t8-/m1/s1. The summed E-state index contributed by atoms with van der Waals surface area (Å²) in [5.74, 6) is 0. The molecule has 0 saturated carbocycles. The summed E-state index contributed by atoms with van der Waals surface area (Å²) >= 11 is 5.87. The van der Waals surface area contributed by atoms with Gasteiger partial charge in [0.25, 0.3) is 0 Å². The van der Waals surface area contributed by atoms with E-state index in [4.69, 9.17) is 16.7 Å². The quantitative estimate of drug-likeness (QED) is 0.746. The third-order valence-electron chi connectivity index (χ3n) is 1.46. The van der Waals surface area contributed by atoms with Crippen molar-refractivity contribution < 1.29 is 5.11 Å². The molecule has 0 aliphatic carbocycles. The van der Waals surface area contributed by atoms with Crippen molar-refractivity contribution in [3.63, 3.8) is 0 Å². The first-order valence-electron chi connectivity index (χ1n) is 3.81. The van der Waals surface area contributed by atoms with E-state index in [2.05, 4.69) is 0 Å². The lowest BCUT2D eigenvalue weighted by Gasteiger charge is -1.97. The van der Waals surface area contributed by atoms with E-state index in [1.807, 2.05) is 30.3 Å². The van der Waals surface area contributed by atoms with Crippen LogP contribution in [0.1, 0.15) is 12.5 Å². The first kappa shape index (κ1) is 9.30. The molecule has 0 aromatic heterocycles. The number of halogens is 1. The van der Waals surface area contributed by atoms with Crippen molar-refractivity contribution in [1.82, 2.24) is 0 Å². The molecule has 64 valence electrons. The van der Waals surface area contributed by atoms with Crippen LogP contribution in [0, 0.1) is 0 Å². The highest BCUT2D eigenvalue weighted by molar-refractivity contribution is 6.32. The van der Waals surface area contributed by atoms with Crippen LogP contribution in [0.2, 0.25) is 5.02 Å². The zero-order valence-electron chi connectivity index (χ0n) is 6.87. The lowest BCUT2D eigenvalue weighted by atomic mass is 10.2. The second kappa shape index (κ2) is 4.29. The van der Waals surface area contributed by atoms with E-state index < -0.39 is 6.10 Å². The Labute approximate surface area is 77.3 Å². The maximum Gasteiger partial charge on any atom is 0.0696 e. The number of benzene rings is 1. The van der Waals surface area contributed by atoms with Gasteiger partial charge in [-0.25, -0.2) is 0 Å². The molecule has 0 aliphatic heterocycles. The van der Waals surface area contributed by atoms with E-state index in [9.17, 15) is 0 Å². The maximum atomic E-state index is 8.97. The summed E-state index contributed by atoms with van der Waals surface area (Å²) in [7, 11) is 0. The van der Waals surface area contributed by atoms with Crippen molar-refractivity contribution in [2.45, 2.75) is 13.0 Å². The van der Waals surface area contributed by atoms with Gasteiger partial charge in [-0.05, 0) is 18.6 Å². The van der Waals surface area contributed by atoms with Crippen LogP contribution in [0.4, 0.5) is 0 Å². The average Bonchev–Trinajstić information content (AvgIpc) is 2.03. The molecule has 1 N–H and O–H groups in total. The molecule has 1 aromatic rings. The summed E-state index contributed by atoms with van der Waals surface area (Å²) in [6.07, 6.45) is 3.08. The number of rotatable bonds is 2. The number of aliphatic hydroxyl groups excluding tert-OH is 1. The number of hydrogen-bond donors (Lipinski definition) is 1. The van der Waals surface area contributed by atoms with Crippen LogP contribution in [0.25, 0.3) is 6.08 Å². The van der Waals surface area contributed by atoms with E-state index in [0.29, 0.717) is 5.02 Å². The maximum absolute atomic E-state index is 8.97. The van der Waals surface area contributed by atoms with Crippen molar-refractivity contribution in [1.29, 1.82) is 0 Å². The molecule has 0 spiro atoms. The van der Waals surface area contributed by atoms with Crippen LogP contribution in [0.5, 0.6) is 0 Å². The van der Waals surface area contributed by atoms with Crippen LogP contribution in [0.3, 0.4) is 0 Å². The van der Waals surface area contributed by atoms with Crippen molar-refractivity contribution in [3.8, 4) is 0 Å². The van der Waals surface area contributed by atoms with Gasteiger partial charge in [-0.3, -0.25) is 0 Å². The van der Waals surface area contributed by atoms with E-state index in [0.717, 1.165) is 5.56 Å². The number of aliphatic hydroxyl groups is 1. The summed E-state index contributed by atoms with van der Waals surface area (Å²) in [6.45, 7) is 1.70. The summed E-state index contributed by atoms with van der Waals surface area (Å²) in [5, 5.41) is 9.68. The Hall–Kier alpha value is -0.790. The smallest absolute Gasteiger partial charge is 0.0696 e. The molecule has 0 radical (unpaired) electrons. The van der Waals surface area contributed by atoms with Gasteiger partial charge in [0.15, 0.2) is 0 Å². The van der Waals surface area contributed by atoms with Gasteiger partial charge in [-0.2, -0.15) is 0 Å². The molecule has 0 fully saturated rings. The van der Waals surface area contributed by atoms with Gasteiger partial charge < -0.3 is 5.11 Å². The van der Waals surface area contributed by atoms with E-state index >= 15 is 0 Å². The summed E-state index contributed by atoms with van der Waals surface area (Å²) in [5.41, 5.74) is 0.931. The molecule has 0 bridgehead atoms. The normalized spacial score (nSPS) is 13.6. The van der Waals surface area contributed by atoms with Crippen molar-refractivity contribution in [2.24, 2.45) is 0 Å². The van der Waals surface area contributed by atoms with E-state index in [1.54, 1.807) is 13.0 Å². The third-order valence-corrected chi connectivity index (χ3v) is 1.80. The Bertz CT molecular complexity index is 279. The minimum Gasteiger partial charge on any atom is -0.389 e. The lowest BCUT2D eigenvalue weighted by molar-refractivity contribution is 0.245. The second-order valence-corrected chi connectivity index (χ2v) is 3.03. The fourth-order valence-electron chi connectivity index (χ4n) is 0.853. The van der Waals surface area contributed by atoms with Crippen molar-refractivity contribution >= 4 is 17.7 Å². The molecule has 0 saturated heterocycles. The highest BCUT2D eigenvalue weighted by Gasteiger charge is 1.93. The van der Waals surface area contributed by atoms with E-state index in [1.165, 1.54) is 0 Å². The van der Waals surface area contributed by atoms with Gasteiger partial charge in [0.1, 0.15) is 0 Å². The largest absolute Gasteiger partial charge is 0.389 e. The Morgan fingerprint density at radius 1 is 1.42 bits per heavy atom. The predicted molar refractivity (Wildman–Crippen MR) is 52.2 cm³/mol. The SMILES string of the molecule is C[C@@H](O)/C=C/c1ccccc1Cl. The molecule has 0 heterocycles. The number of hydrogen-bond acceptors (Lipinski definition) is 1. The second-order valence-electron chi connectivity index (χ2n) is 2.62. The summed E-state index contributed by atoms with van der Waals surface area (Å²) in [6, 6.07) is 7.51. The van der Waals surface area contributed by atoms with Crippen LogP contribution < -0.4 is 0 Å². The summed E-state index contributed by atoms with van der Waals surface area (Å²) < 4.78 is 0. The molecular formula is C10H11ClO. The molecule has 1 nitrogen and oxygen atoms in total. The van der Waals surface area contributed by atoms with Gasteiger partial charge in [-0.1, -0.05) is 42.0 Å². The topological polar surface area (TPSA) is 20.2 Å². The fraction of sp³-hybridized carbons (Fsp3) is 0.200. The van der Waals surface area contributed by atoms with Crippen LogP contribution in [-0.4, -0.2) is 11.2 Å².